The number of rotatable bonds is 5. The quantitative estimate of drug-likeness (QED) is 0.171. The molecule has 0 atom stereocenters. The van der Waals surface area contributed by atoms with E-state index in [1.54, 1.807) is 0 Å². The summed E-state index contributed by atoms with van der Waals surface area (Å²) >= 11 is 1.87. The minimum absolute atomic E-state index is 0.898. The Morgan fingerprint density at radius 1 is 0.290 bits per heavy atom. The lowest BCUT2D eigenvalue weighted by Crippen LogP contribution is -2.11. The molecule has 2 heterocycles. The van der Waals surface area contributed by atoms with E-state index >= 15 is 0 Å². The van der Waals surface area contributed by atoms with Gasteiger partial charge in [0, 0.05) is 53.4 Å². The number of nitrogens with zero attached hydrogens (tertiary/aromatic N) is 1. The van der Waals surface area contributed by atoms with Crippen LogP contribution in [0.4, 0.5) is 17.1 Å². The summed E-state index contributed by atoms with van der Waals surface area (Å²) in [6, 6.07) is 91.1. The van der Waals surface area contributed by atoms with Crippen molar-refractivity contribution in [2.45, 2.75) is 0 Å². The van der Waals surface area contributed by atoms with E-state index in [9.17, 15) is 0 Å². The Kier molecular flexibility index (Phi) is 9.11. The van der Waals surface area contributed by atoms with Crippen molar-refractivity contribution in [3.05, 3.63) is 249 Å². The standard InChI is InChI=1S/C66H41NOS/c1-2-17-42(18-3-1)46-19-10-13-30-60(46)67(44-35-33-43(34-36-44)47-28-16-29-57-54-25-11-14-31-61(54)68-66(47)57)45-37-38-53-51-23-7-5-21-49(51)48-20-4-6-22-50(48)52-24-8-9-26-55(52)64-56(59(53)41-45)39-40-63-65(64)58-27-12-15-32-62(58)69-63/h1-41H. The molecule has 0 aliphatic heterocycles. The topological polar surface area (TPSA) is 16.4 Å². The van der Waals surface area contributed by atoms with E-state index in [4.69, 9.17) is 4.42 Å². The Labute approximate surface area is 402 Å². The maximum atomic E-state index is 6.54. The Balaban J connectivity index is 1.11. The fourth-order valence-electron chi connectivity index (χ4n) is 11.0. The molecule has 322 valence electrons. The van der Waals surface area contributed by atoms with E-state index in [1.807, 2.05) is 17.4 Å². The number of fused-ring (bicyclic) bond motifs is 17. The van der Waals surface area contributed by atoms with Gasteiger partial charge in [-0.2, -0.15) is 0 Å². The van der Waals surface area contributed by atoms with Crippen LogP contribution < -0.4 is 4.90 Å². The first-order chi connectivity index (χ1) is 34.2. The van der Waals surface area contributed by atoms with Crippen molar-refractivity contribution in [3.63, 3.8) is 0 Å². The van der Waals surface area contributed by atoms with Crippen molar-refractivity contribution in [1.29, 1.82) is 0 Å². The molecule has 0 spiro atoms. The van der Waals surface area contributed by atoms with Gasteiger partial charge in [-0.3, -0.25) is 0 Å². The van der Waals surface area contributed by atoms with Crippen LogP contribution in [0.15, 0.2) is 253 Å². The summed E-state index contributed by atoms with van der Waals surface area (Å²) in [6.07, 6.45) is 0. The summed E-state index contributed by atoms with van der Waals surface area (Å²) < 4.78 is 9.11. The van der Waals surface area contributed by atoms with E-state index in [-0.39, 0.29) is 0 Å². The number of hydrogen-bond acceptors (Lipinski definition) is 3. The van der Waals surface area contributed by atoms with Crippen LogP contribution in [-0.4, -0.2) is 0 Å². The molecule has 69 heavy (non-hydrogen) atoms. The number of benzene rings is 11. The second-order valence-electron chi connectivity index (χ2n) is 17.9. The molecule has 2 aromatic heterocycles. The average Bonchev–Trinajstić information content (AvgIpc) is 4.00. The molecule has 0 unspecified atom stereocenters. The highest BCUT2D eigenvalue weighted by Gasteiger charge is 2.21. The number of para-hydroxylation sites is 3. The van der Waals surface area contributed by atoms with Crippen molar-refractivity contribution >= 4 is 124 Å². The molecule has 2 nitrogen and oxygen atoms in total. The van der Waals surface area contributed by atoms with Gasteiger partial charge in [0.1, 0.15) is 11.2 Å². The van der Waals surface area contributed by atoms with Crippen molar-refractivity contribution in [2.75, 3.05) is 4.90 Å². The van der Waals surface area contributed by atoms with Gasteiger partial charge in [-0.1, -0.05) is 200 Å². The molecule has 0 bridgehead atoms. The summed E-state index contributed by atoms with van der Waals surface area (Å²) in [5.41, 5.74) is 9.49. The third kappa shape index (κ3) is 6.32. The minimum Gasteiger partial charge on any atom is -0.455 e. The third-order valence-corrected chi connectivity index (χ3v) is 15.2. The summed E-state index contributed by atoms with van der Waals surface area (Å²) in [5.74, 6) is 0. The Hall–Kier alpha value is -8.76. The number of furan rings is 1. The largest absolute Gasteiger partial charge is 0.455 e. The molecule has 0 amide bonds. The second-order valence-corrected chi connectivity index (χ2v) is 19.0. The Morgan fingerprint density at radius 2 is 0.797 bits per heavy atom. The molecule has 0 aliphatic carbocycles. The number of thiophene rings is 1. The fourth-order valence-corrected chi connectivity index (χ4v) is 12.1. The predicted octanol–water partition coefficient (Wildman–Crippen LogP) is 19.6. The zero-order chi connectivity index (χ0) is 45.4. The first kappa shape index (κ1) is 39.4. The van der Waals surface area contributed by atoms with Crippen molar-refractivity contribution < 1.29 is 4.42 Å². The molecule has 14 rings (SSSR count). The summed E-state index contributed by atoms with van der Waals surface area (Å²) in [5, 5.41) is 17.0. The van der Waals surface area contributed by atoms with Crippen LogP contribution in [0.25, 0.3) is 118 Å². The molecule has 0 saturated heterocycles. The summed E-state index contributed by atoms with van der Waals surface area (Å²) in [4.78, 5) is 2.44. The van der Waals surface area contributed by atoms with E-state index in [0.717, 1.165) is 61.3 Å². The lowest BCUT2D eigenvalue weighted by atomic mass is 9.92. The highest BCUT2D eigenvalue weighted by atomic mass is 32.1. The summed E-state index contributed by atoms with van der Waals surface area (Å²) in [7, 11) is 0. The number of anilines is 3. The van der Waals surface area contributed by atoms with Crippen molar-refractivity contribution in [2.24, 2.45) is 0 Å². The lowest BCUT2D eigenvalue weighted by Gasteiger charge is -2.28. The highest BCUT2D eigenvalue weighted by molar-refractivity contribution is 7.26. The van der Waals surface area contributed by atoms with Gasteiger partial charge in [-0.15, -0.1) is 11.3 Å². The van der Waals surface area contributed by atoms with Crippen LogP contribution in [0.1, 0.15) is 0 Å². The monoisotopic (exact) mass is 895 g/mol. The molecule has 0 radical (unpaired) electrons. The Bertz CT molecular complexity index is 4430. The predicted molar refractivity (Wildman–Crippen MR) is 297 cm³/mol. The number of hydrogen-bond donors (Lipinski definition) is 0. The van der Waals surface area contributed by atoms with Gasteiger partial charge in [-0.05, 0) is 114 Å². The van der Waals surface area contributed by atoms with Gasteiger partial charge in [-0.25, -0.2) is 0 Å². The van der Waals surface area contributed by atoms with Gasteiger partial charge in [0.05, 0.1) is 5.69 Å². The first-order valence-corrected chi connectivity index (χ1v) is 24.4. The molecule has 14 aromatic rings. The lowest BCUT2D eigenvalue weighted by molar-refractivity contribution is 0.670. The maximum absolute atomic E-state index is 6.54. The summed E-state index contributed by atoms with van der Waals surface area (Å²) in [6.45, 7) is 0. The molecule has 12 aromatic carbocycles. The molecule has 0 saturated carbocycles. The van der Waals surface area contributed by atoms with Crippen LogP contribution in [0.3, 0.4) is 0 Å². The average molecular weight is 896 g/mol. The van der Waals surface area contributed by atoms with Gasteiger partial charge in [0.15, 0.2) is 0 Å². The highest BCUT2D eigenvalue weighted by Crippen LogP contribution is 2.47. The molecule has 3 heteroatoms. The Morgan fingerprint density at radius 3 is 1.54 bits per heavy atom. The van der Waals surface area contributed by atoms with Gasteiger partial charge in [0.25, 0.3) is 0 Å². The molecule has 0 fully saturated rings. The van der Waals surface area contributed by atoms with Crippen LogP contribution in [0, 0.1) is 0 Å². The molecule has 0 aliphatic rings. The van der Waals surface area contributed by atoms with Gasteiger partial charge >= 0.3 is 0 Å². The maximum Gasteiger partial charge on any atom is 0.143 e. The van der Waals surface area contributed by atoms with Crippen LogP contribution >= 0.6 is 11.3 Å². The second kappa shape index (κ2) is 16.0. The first-order valence-electron chi connectivity index (χ1n) is 23.6. The van der Waals surface area contributed by atoms with Gasteiger partial charge in [0.2, 0.25) is 0 Å². The van der Waals surface area contributed by atoms with E-state index in [0.29, 0.717) is 0 Å². The zero-order valence-corrected chi connectivity index (χ0v) is 38.3. The van der Waals surface area contributed by atoms with Crippen molar-refractivity contribution in [3.8, 4) is 22.3 Å². The van der Waals surface area contributed by atoms with E-state index in [2.05, 4.69) is 248 Å². The van der Waals surface area contributed by atoms with Crippen LogP contribution in [0.2, 0.25) is 0 Å². The van der Waals surface area contributed by atoms with Crippen LogP contribution in [0.5, 0.6) is 0 Å². The zero-order valence-electron chi connectivity index (χ0n) is 37.4. The normalized spacial score (nSPS) is 11.8. The fraction of sp³-hybridized carbons (Fsp3) is 0. The molecular weight excluding hydrogens is 855 g/mol. The van der Waals surface area contributed by atoms with Gasteiger partial charge < -0.3 is 9.32 Å². The SMILES string of the molecule is c1ccc(-c2ccccc2N(c2ccc(-c3cccc4c3oc3ccccc34)cc2)c2ccc3c4ccccc4c4ccccc4c4ccccc4c4c(ccc5sc6ccccc6c54)c3c2)cc1. The smallest absolute Gasteiger partial charge is 0.143 e. The van der Waals surface area contributed by atoms with Crippen molar-refractivity contribution in [1.82, 2.24) is 0 Å². The molecule has 0 N–H and O–H groups in total. The van der Waals surface area contributed by atoms with Crippen LogP contribution in [-0.2, 0) is 0 Å². The molecular formula is C66H41NOS. The minimum atomic E-state index is 0.898. The van der Waals surface area contributed by atoms with E-state index < -0.39 is 0 Å². The third-order valence-electron chi connectivity index (χ3n) is 14.1. The van der Waals surface area contributed by atoms with E-state index in [1.165, 1.54) is 74.0 Å².